The second kappa shape index (κ2) is 2.54. The van der Waals surface area contributed by atoms with Crippen molar-refractivity contribution in [2.24, 2.45) is 5.73 Å². The van der Waals surface area contributed by atoms with Crippen LogP contribution in [0.15, 0.2) is 18.2 Å². The van der Waals surface area contributed by atoms with Crippen LogP contribution in [0.1, 0.15) is 17.2 Å². The zero-order valence-corrected chi connectivity index (χ0v) is 6.50. The van der Waals surface area contributed by atoms with Gasteiger partial charge in [0.25, 0.3) is 0 Å². The average Bonchev–Trinajstić information content (AvgIpc) is 2.28. The Bertz CT molecular complexity index is 313. The molecule has 3 N–H and O–H groups in total. The molecule has 0 radical (unpaired) electrons. The minimum atomic E-state index is -0.554. The van der Waals surface area contributed by atoms with E-state index >= 15 is 0 Å². The van der Waals surface area contributed by atoms with E-state index < -0.39 is 6.10 Å². The summed E-state index contributed by atoms with van der Waals surface area (Å²) in [5, 5.41) is 9.36. The highest BCUT2D eigenvalue weighted by Gasteiger charge is 2.27. The minimum Gasteiger partial charge on any atom is -0.391 e. The number of nitrogens with two attached hydrogens (primary N) is 1. The van der Waals surface area contributed by atoms with Gasteiger partial charge in [0, 0.05) is 6.42 Å². The number of hydrogen-bond acceptors (Lipinski definition) is 2. The Morgan fingerprint density at radius 3 is 3.00 bits per heavy atom. The standard InChI is InChI=1S/C9H10FNO/c10-6-1-2-7-5(3-6)4-8(12)9(7)11/h1-3,8-9,12H,4,11H2/t8-,9+/m1/s1. The summed E-state index contributed by atoms with van der Waals surface area (Å²) in [5.41, 5.74) is 7.36. The molecule has 2 rings (SSSR count). The first-order valence-corrected chi connectivity index (χ1v) is 3.90. The third-order valence-electron chi connectivity index (χ3n) is 2.31. The van der Waals surface area contributed by atoms with Crippen LogP contribution in [-0.4, -0.2) is 11.2 Å². The smallest absolute Gasteiger partial charge is 0.123 e. The van der Waals surface area contributed by atoms with Gasteiger partial charge in [-0.05, 0) is 23.3 Å². The lowest BCUT2D eigenvalue weighted by Gasteiger charge is -2.07. The molecule has 1 aromatic rings. The van der Waals surface area contributed by atoms with Gasteiger partial charge in [0.2, 0.25) is 0 Å². The van der Waals surface area contributed by atoms with Crippen LogP contribution in [-0.2, 0) is 6.42 Å². The van der Waals surface area contributed by atoms with E-state index in [1.807, 2.05) is 0 Å². The molecule has 0 saturated heterocycles. The summed E-state index contributed by atoms with van der Waals surface area (Å²) in [5.74, 6) is -0.268. The van der Waals surface area contributed by atoms with Crippen molar-refractivity contribution >= 4 is 0 Å². The van der Waals surface area contributed by atoms with Gasteiger partial charge in [-0.1, -0.05) is 6.07 Å². The van der Waals surface area contributed by atoms with Gasteiger partial charge in [0.05, 0.1) is 12.1 Å². The second-order valence-corrected chi connectivity index (χ2v) is 3.14. The molecule has 0 saturated carbocycles. The number of fused-ring (bicyclic) bond motifs is 1. The van der Waals surface area contributed by atoms with Crippen LogP contribution in [0.2, 0.25) is 0 Å². The summed E-state index contributed by atoms with van der Waals surface area (Å²) in [6.07, 6.45) is -0.0874. The highest BCUT2D eigenvalue weighted by molar-refractivity contribution is 5.36. The Kier molecular flexibility index (Phi) is 1.63. The van der Waals surface area contributed by atoms with Gasteiger partial charge in [0.15, 0.2) is 0 Å². The van der Waals surface area contributed by atoms with Crippen LogP contribution in [0.25, 0.3) is 0 Å². The Hall–Kier alpha value is -0.930. The molecule has 0 bridgehead atoms. The summed E-state index contributed by atoms with van der Waals surface area (Å²) in [6, 6.07) is 4.11. The summed E-state index contributed by atoms with van der Waals surface area (Å²) in [4.78, 5) is 0. The SMILES string of the molecule is N[C@H]1c2ccc(F)cc2C[C@H]1O. The van der Waals surface area contributed by atoms with E-state index in [1.54, 1.807) is 6.07 Å². The molecule has 0 aromatic heterocycles. The molecular weight excluding hydrogens is 157 g/mol. The van der Waals surface area contributed by atoms with Crippen LogP contribution < -0.4 is 5.73 Å². The highest BCUT2D eigenvalue weighted by atomic mass is 19.1. The third kappa shape index (κ3) is 1.02. The van der Waals surface area contributed by atoms with E-state index in [0.717, 1.165) is 11.1 Å². The molecule has 64 valence electrons. The largest absolute Gasteiger partial charge is 0.391 e. The van der Waals surface area contributed by atoms with Crippen LogP contribution in [0.5, 0.6) is 0 Å². The van der Waals surface area contributed by atoms with Gasteiger partial charge < -0.3 is 10.8 Å². The van der Waals surface area contributed by atoms with Crippen molar-refractivity contribution in [3.63, 3.8) is 0 Å². The zero-order valence-electron chi connectivity index (χ0n) is 6.50. The molecule has 0 unspecified atom stereocenters. The van der Waals surface area contributed by atoms with Crippen LogP contribution in [0.4, 0.5) is 4.39 Å². The zero-order chi connectivity index (χ0) is 8.72. The van der Waals surface area contributed by atoms with Gasteiger partial charge in [-0.3, -0.25) is 0 Å². The lowest BCUT2D eigenvalue weighted by atomic mass is 10.1. The van der Waals surface area contributed by atoms with Crippen LogP contribution in [0, 0.1) is 5.82 Å². The Labute approximate surface area is 69.8 Å². The molecule has 1 aromatic carbocycles. The number of hydrogen-bond donors (Lipinski definition) is 2. The number of halogens is 1. The molecular formula is C9H10FNO. The number of rotatable bonds is 0. The monoisotopic (exact) mass is 167 g/mol. The lowest BCUT2D eigenvalue weighted by Crippen LogP contribution is -2.21. The maximum atomic E-state index is 12.7. The molecule has 3 heteroatoms. The Morgan fingerprint density at radius 1 is 1.50 bits per heavy atom. The van der Waals surface area contributed by atoms with Gasteiger partial charge in [0.1, 0.15) is 5.82 Å². The first-order chi connectivity index (χ1) is 5.68. The molecule has 0 heterocycles. The molecule has 1 aliphatic carbocycles. The van der Waals surface area contributed by atoms with Crippen molar-refractivity contribution in [3.05, 3.63) is 35.1 Å². The summed E-state index contributed by atoms with van der Waals surface area (Å²) >= 11 is 0. The van der Waals surface area contributed by atoms with Crippen molar-refractivity contribution in [2.45, 2.75) is 18.6 Å². The molecule has 1 aliphatic rings. The minimum absolute atomic E-state index is 0.268. The van der Waals surface area contributed by atoms with Crippen molar-refractivity contribution in [2.75, 3.05) is 0 Å². The van der Waals surface area contributed by atoms with Crippen molar-refractivity contribution < 1.29 is 9.50 Å². The summed E-state index contributed by atoms with van der Waals surface area (Å²) in [6.45, 7) is 0. The van der Waals surface area contributed by atoms with Gasteiger partial charge in [-0.2, -0.15) is 0 Å². The summed E-state index contributed by atoms with van der Waals surface area (Å²) in [7, 11) is 0. The second-order valence-electron chi connectivity index (χ2n) is 3.14. The fourth-order valence-corrected chi connectivity index (χ4v) is 1.64. The predicted molar refractivity (Wildman–Crippen MR) is 43.0 cm³/mol. The van der Waals surface area contributed by atoms with Crippen LogP contribution >= 0.6 is 0 Å². The Balaban J connectivity index is 2.47. The number of aliphatic hydroxyl groups excluding tert-OH is 1. The number of aliphatic hydroxyl groups is 1. The number of benzene rings is 1. The quantitative estimate of drug-likeness (QED) is 0.598. The molecule has 12 heavy (non-hydrogen) atoms. The van der Waals surface area contributed by atoms with Gasteiger partial charge in [-0.25, -0.2) is 4.39 Å². The molecule has 0 spiro atoms. The normalized spacial score (nSPS) is 27.2. The third-order valence-corrected chi connectivity index (χ3v) is 2.31. The van der Waals surface area contributed by atoms with Crippen molar-refractivity contribution in [3.8, 4) is 0 Å². The van der Waals surface area contributed by atoms with Crippen molar-refractivity contribution in [1.82, 2.24) is 0 Å². The van der Waals surface area contributed by atoms with E-state index in [-0.39, 0.29) is 11.9 Å². The van der Waals surface area contributed by atoms with E-state index in [4.69, 9.17) is 5.73 Å². The molecule has 2 atom stereocenters. The maximum absolute atomic E-state index is 12.7. The fourth-order valence-electron chi connectivity index (χ4n) is 1.64. The maximum Gasteiger partial charge on any atom is 0.123 e. The molecule has 0 fully saturated rings. The highest BCUT2D eigenvalue weighted by Crippen LogP contribution is 2.29. The molecule has 0 amide bonds. The lowest BCUT2D eigenvalue weighted by molar-refractivity contribution is 0.158. The first kappa shape index (κ1) is 7.71. The predicted octanol–water partition coefficient (Wildman–Crippen LogP) is 0.743. The van der Waals surface area contributed by atoms with E-state index in [2.05, 4.69) is 0 Å². The van der Waals surface area contributed by atoms with Gasteiger partial charge >= 0.3 is 0 Å². The topological polar surface area (TPSA) is 46.2 Å². The van der Waals surface area contributed by atoms with E-state index in [9.17, 15) is 9.50 Å². The van der Waals surface area contributed by atoms with Crippen molar-refractivity contribution in [1.29, 1.82) is 0 Å². The Morgan fingerprint density at radius 2 is 2.25 bits per heavy atom. The van der Waals surface area contributed by atoms with E-state index in [1.165, 1.54) is 12.1 Å². The fraction of sp³-hybridized carbons (Fsp3) is 0.333. The van der Waals surface area contributed by atoms with Crippen LogP contribution in [0.3, 0.4) is 0 Å². The molecule has 2 nitrogen and oxygen atoms in total. The molecule has 0 aliphatic heterocycles. The first-order valence-electron chi connectivity index (χ1n) is 3.90. The van der Waals surface area contributed by atoms with Gasteiger partial charge in [-0.15, -0.1) is 0 Å². The summed E-state index contributed by atoms with van der Waals surface area (Å²) < 4.78 is 12.7. The average molecular weight is 167 g/mol. The van der Waals surface area contributed by atoms with E-state index in [0.29, 0.717) is 6.42 Å².